The number of rotatable bonds is 5. The van der Waals surface area contributed by atoms with Crippen LogP contribution >= 0.6 is 28.3 Å². The summed E-state index contributed by atoms with van der Waals surface area (Å²) in [5.74, 6) is -0.0801. The summed E-state index contributed by atoms with van der Waals surface area (Å²) in [6, 6.07) is 7.79. The van der Waals surface area contributed by atoms with Crippen molar-refractivity contribution in [3.8, 4) is 5.69 Å². The first-order chi connectivity index (χ1) is 11.2. The summed E-state index contributed by atoms with van der Waals surface area (Å²) in [4.78, 5) is 14.5. The first kappa shape index (κ1) is 18.9. The molecule has 2 N–H and O–H groups in total. The molecule has 0 radical (unpaired) electrons. The number of hydrogen-bond donors (Lipinski definition) is 2. The zero-order valence-corrected chi connectivity index (χ0v) is 15.6. The molecule has 0 spiro atoms. The number of benzene rings is 1. The molecule has 1 aliphatic rings. The van der Waals surface area contributed by atoms with Crippen molar-refractivity contribution in [2.75, 3.05) is 39.3 Å². The number of piperazine rings is 1. The maximum atomic E-state index is 12.2. The molecule has 3 rings (SSSR count). The topological polar surface area (TPSA) is 62.2 Å². The highest BCUT2D eigenvalue weighted by Crippen LogP contribution is 2.14. The van der Waals surface area contributed by atoms with Crippen LogP contribution in [0.15, 0.2) is 41.1 Å². The van der Waals surface area contributed by atoms with Crippen molar-refractivity contribution in [2.24, 2.45) is 0 Å². The van der Waals surface area contributed by atoms with E-state index in [-0.39, 0.29) is 18.3 Å². The zero-order valence-electron chi connectivity index (χ0n) is 13.2. The van der Waals surface area contributed by atoms with Crippen molar-refractivity contribution < 1.29 is 4.79 Å². The monoisotopic (exact) mass is 413 g/mol. The standard InChI is InChI=1S/C16H20BrN5O.ClH/c17-14-1-3-15(4-2-14)22-12-13(11-20-22)16(23)19-7-10-21-8-5-18-6-9-21;/h1-4,11-12,18H,5-10H2,(H,19,23);1H. The van der Waals surface area contributed by atoms with Crippen LogP contribution in [0.5, 0.6) is 0 Å². The molecule has 0 saturated carbocycles. The minimum absolute atomic E-state index is 0. The van der Waals surface area contributed by atoms with Gasteiger partial charge in [0.25, 0.3) is 5.91 Å². The average molecular weight is 415 g/mol. The van der Waals surface area contributed by atoms with Crippen molar-refractivity contribution in [1.82, 2.24) is 25.3 Å². The lowest BCUT2D eigenvalue weighted by Crippen LogP contribution is -2.46. The van der Waals surface area contributed by atoms with E-state index in [1.807, 2.05) is 24.3 Å². The van der Waals surface area contributed by atoms with Crippen LogP contribution in [0, 0.1) is 0 Å². The van der Waals surface area contributed by atoms with Crippen LogP contribution < -0.4 is 10.6 Å². The molecule has 0 atom stereocenters. The molecule has 1 aliphatic heterocycles. The van der Waals surface area contributed by atoms with Gasteiger partial charge in [0.05, 0.1) is 17.4 Å². The highest BCUT2D eigenvalue weighted by molar-refractivity contribution is 9.10. The first-order valence-corrected chi connectivity index (χ1v) is 8.53. The number of aromatic nitrogens is 2. The molecule has 0 unspecified atom stereocenters. The van der Waals surface area contributed by atoms with Gasteiger partial charge in [-0.05, 0) is 24.3 Å². The third-order valence-electron chi connectivity index (χ3n) is 3.86. The largest absolute Gasteiger partial charge is 0.351 e. The Morgan fingerprint density at radius 3 is 2.67 bits per heavy atom. The summed E-state index contributed by atoms with van der Waals surface area (Å²) < 4.78 is 2.72. The summed E-state index contributed by atoms with van der Waals surface area (Å²) in [7, 11) is 0. The number of nitrogens with zero attached hydrogens (tertiary/aromatic N) is 3. The molecule has 6 nitrogen and oxygen atoms in total. The maximum Gasteiger partial charge on any atom is 0.254 e. The first-order valence-electron chi connectivity index (χ1n) is 7.74. The Morgan fingerprint density at radius 2 is 1.96 bits per heavy atom. The van der Waals surface area contributed by atoms with Gasteiger partial charge < -0.3 is 10.6 Å². The van der Waals surface area contributed by atoms with Crippen molar-refractivity contribution in [3.05, 3.63) is 46.7 Å². The van der Waals surface area contributed by atoms with Crippen molar-refractivity contribution in [1.29, 1.82) is 0 Å². The average Bonchev–Trinajstić information content (AvgIpc) is 3.06. The van der Waals surface area contributed by atoms with Crippen LogP contribution in [-0.2, 0) is 0 Å². The van der Waals surface area contributed by atoms with Crippen molar-refractivity contribution in [3.63, 3.8) is 0 Å². The summed E-state index contributed by atoms with van der Waals surface area (Å²) in [6.07, 6.45) is 3.35. The van der Waals surface area contributed by atoms with E-state index in [2.05, 4.69) is 36.6 Å². The molecule has 130 valence electrons. The van der Waals surface area contributed by atoms with Crippen molar-refractivity contribution >= 4 is 34.2 Å². The normalized spacial score (nSPS) is 14.9. The molecular weight excluding hydrogens is 394 g/mol. The Kier molecular flexibility index (Phi) is 7.23. The molecular formula is C16H21BrClN5O. The van der Waals surface area contributed by atoms with E-state index in [0.717, 1.165) is 42.9 Å². The molecule has 1 aromatic heterocycles. The third-order valence-corrected chi connectivity index (χ3v) is 4.39. The van der Waals surface area contributed by atoms with Gasteiger partial charge in [0.15, 0.2) is 0 Å². The molecule has 1 fully saturated rings. The third kappa shape index (κ3) is 5.04. The fourth-order valence-electron chi connectivity index (χ4n) is 2.54. The van der Waals surface area contributed by atoms with E-state index in [4.69, 9.17) is 0 Å². The highest BCUT2D eigenvalue weighted by Gasteiger charge is 2.12. The van der Waals surface area contributed by atoms with E-state index >= 15 is 0 Å². The van der Waals surface area contributed by atoms with Gasteiger partial charge in [0.2, 0.25) is 0 Å². The molecule has 1 aromatic carbocycles. The number of carbonyl (C=O) groups is 1. The van der Waals surface area contributed by atoms with E-state index < -0.39 is 0 Å². The molecule has 2 heterocycles. The highest BCUT2D eigenvalue weighted by atomic mass is 79.9. The van der Waals surface area contributed by atoms with E-state index in [0.29, 0.717) is 12.1 Å². The van der Waals surface area contributed by atoms with Gasteiger partial charge in [-0.3, -0.25) is 9.69 Å². The number of nitrogens with one attached hydrogen (secondary N) is 2. The molecule has 8 heteroatoms. The molecule has 1 saturated heterocycles. The van der Waals surface area contributed by atoms with Gasteiger partial charge in [-0.15, -0.1) is 12.4 Å². The zero-order chi connectivity index (χ0) is 16.1. The van der Waals surface area contributed by atoms with Gasteiger partial charge >= 0.3 is 0 Å². The number of amides is 1. The van der Waals surface area contributed by atoms with Crippen LogP contribution in [-0.4, -0.2) is 59.9 Å². The Balaban J connectivity index is 0.00000208. The van der Waals surface area contributed by atoms with Crippen LogP contribution in [0.3, 0.4) is 0 Å². The summed E-state index contributed by atoms with van der Waals surface area (Å²) in [5.41, 5.74) is 1.50. The summed E-state index contributed by atoms with van der Waals surface area (Å²) in [5, 5.41) is 10.5. The van der Waals surface area contributed by atoms with E-state index in [9.17, 15) is 4.79 Å². The quantitative estimate of drug-likeness (QED) is 0.782. The van der Waals surface area contributed by atoms with Crippen LogP contribution in [0.1, 0.15) is 10.4 Å². The Labute approximate surface area is 156 Å². The van der Waals surface area contributed by atoms with Crippen LogP contribution in [0.4, 0.5) is 0 Å². The van der Waals surface area contributed by atoms with E-state index in [1.165, 1.54) is 0 Å². The predicted molar refractivity (Wildman–Crippen MR) is 100 cm³/mol. The summed E-state index contributed by atoms with van der Waals surface area (Å²) >= 11 is 3.41. The number of carbonyl (C=O) groups excluding carboxylic acids is 1. The lowest BCUT2D eigenvalue weighted by atomic mass is 10.3. The smallest absolute Gasteiger partial charge is 0.254 e. The van der Waals surface area contributed by atoms with Gasteiger partial charge in [-0.1, -0.05) is 15.9 Å². The molecule has 0 bridgehead atoms. The number of hydrogen-bond acceptors (Lipinski definition) is 4. The molecule has 0 aliphatic carbocycles. The van der Waals surface area contributed by atoms with Gasteiger partial charge in [-0.25, -0.2) is 4.68 Å². The minimum atomic E-state index is -0.0801. The Morgan fingerprint density at radius 1 is 1.25 bits per heavy atom. The predicted octanol–water partition coefficient (Wildman–Crippen LogP) is 1.69. The Hall–Kier alpha value is -1.41. The minimum Gasteiger partial charge on any atom is -0.351 e. The molecule has 24 heavy (non-hydrogen) atoms. The molecule has 2 aromatic rings. The van der Waals surface area contributed by atoms with Crippen LogP contribution in [0.25, 0.3) is 5.69 Å². The number of halogens is 2. The fraction of sp³-hybridized carbons (Fsp3) is 0.375. The SMILES string of the molecule is Cl.O=C(NCCN1CCNCC1)c1cnn(-c2ccc(Br)cc2)c1. The van der Waals surface area contributed by atoms with Gasteiger partial charge in [0, 0.05) is 49.9 Å². The lowest BCUT2D eigenvalue weighted by molar-refractivity contribution is 0.0947. The maximum absolute atomic E-state index is 12.2. The molecule has 1 amide bonds. The van der Waals surface area contributed by atoms with Gasteiger partial charge in [0.1, 0.15) is 0 Å². The van der Waals surface area contributed by atoms with Gasteiger partial charge in [-0.2, -0.15) is 5.10 Å². The lowest BCUT2D eigenvalue weighted by Gasteiger charge is -2.26. The van der Waals surface area contributed by atoms with Crippen molar-refractivity contribution in [2.45, 2.75) is 0 Å². The second-order valence-electron chi connectivity index (χ2n) is 5.50. The Bertz CT molecular complexity index is 655. The van der Waals surface area contributed by atoms with E-state index in [1.54, 1.807) is 17.1 Å². The summed E-state index contributed by atoms with van der Waals surface area (Å²) in [6.45, 7) is 5.66. The fourth-order valence-corrected chi connectivity index (χ4v) is 2.80. The second-order valence-corrected chi connectivity index (χ2v) is 6.41. The van der Waals surface area contributed by atoms with Crippen LogP contribution in [0.2, 0.25) is 0 Å². The second kappa shape index (κ2) is 9.17.